The largest absolute Gasteiger partial charge is 0.371 e. The van der Waals surface area contributed by atoms with Gasteiger partial charge in [-0.15, -0.1) is 0 Å². The van der Waals surface area contributed by atoms with Crippen molar-refractivity contribution in [3.63, 3.8) is 0 Å². The molecule has 0 radical (unpaired) electrons. The van der Waals surface area contributed by atoms with Gasteiger partial charge in [-0.3, -0.25) is 4.79 Å². The van der Waals surface area contributed by atoms with Crippen LogP contribution in [0.25, 0.3) is 0 Å². The van der Waals surface area contributed by atoms with Crippen LogP contribution in [-0.2, 0) is 4.79 Å². The van der Waals surface area contributed by atoms with Crippen LogP contribution >= 0.6 is 0 Å². The molecule has 0 aliphatic heterocycles. The number of nitrogens with two attached hydrogens (primary N) is 1. The number of Topliss-reactive ketones (excluding diaryl/α,β-unsaturated/α-hetero) is 1. The zero-order valence-electron chi connectivity index (χ0n) is 8.61. The monoisotopic (exact) mass is 185 g/mol. The summed E-state index contributed by atoms with van der Waals surface area (Å²) in [6.07, 6.45) is 0. The summed E-state index contributed by atoms with van der Waals surface area (Å²) in [5.74, 6) is 0.703. The van der Waals surface area contributed by atoms with Gasteiger partial charge in [-0.1, -0.05) is 6.58 Å². The molecular formula is C9H19N3O. The Morgan fingerprint density at radius 2 is 2.08 bits per heavy atom. The molecule has 0 fully saturated rings. The molecule has 0 heterocycles. The number of hydrogen-bond acceptors (Lipinski definition) is 4. The second-order valence-electron chi connectivity index (χ2n) is 3.50. The molecule has 0 saturated carbocycles. The predicted octanol–water partition coefficient (Wildman–Crippen LogP) is -0.0369. The minimum absolute atomic E-state index is 0.0724. The number of ketones is 1. The summed E-state index contributed by atoms with van der Waals surface area (Å²) in [6, 6.07) is 0. The van der Waals surface area contributed by atoms with Crippen LogP contribution in [-0.4, -0.2) is 24.4 Å². The van der Waals surface area contributed by atoms with Gasteiger partial charge >= 0.3 is 0 Å². The Balaban J connectivity index is 3.97. The minimum Gasteiger partial charge on any atom is -0.371 e. The highest BCUT2D eigenvalue weighted by Gasteiger charge is 2.22. The molecule has 4 N–H and O–H groups in total. The molecule has 13 heavy (non-hydrogen) atoms. The van der Waals surface area contributed by atoms with Crippen LogP contribution < -0.4 is 16.4 Å². The lowest BCUT2D eigenvalue weighted by atomic mass is 10.0. The van der Waals surface area contributed by atoms with Gasteiger partial charge in [0.25, 0.3) is 0 Å². The van der Waals surface area contributed by atoms with Crippen molar-refractivity contribution in [2.45, 2.75) is 26.3 Å². The normalized spacial score (nSPS) is 10.8. The van der Waals surface area contributed by atoms with Crippen LogP contribution in [0, 0.1) is 0 Å². The number of carbonyl (C=O) groups is 1. The van der Waals surface area contributed by atoms with Crippen molar-refractivity contribution in [2.75, 3.05) is 13.1 Å². The Bertz CT molecular complexity index is 199. The van der Waals surface area contributed by atoms with Gasteiger partial charge < -0.3 is 16.4 Å². The van der Waals surface area contributed by atoms with Gasteiger partial charge in [0, 0.05) is 13.1 Å². The molecule has 0 aromatic rings. The average molecular weight is 185 g/mol. The van der Waals surface area contributed by atoms with Gasteiger partial charge in [-0.25, -0.2) is 0 Å². The molecule has 0 amide bonds. The molecule has 0 aromatic carbocycles. The quantitative estimate of drug-likeness (QED) is 0.543. The molecule has 4 heteroatoms. The van der Waals surface area contributed by atoms with Crippen LogP contribution in [0.3, 0.4) is 0 Å². The van der Waals surface area contributed by atoms with Crippen molar-refractivity contribution >= 4 is 5.78 Å². The molecule has 76 valence electrons. The van der Waals surface area contributed by atoms with E-state index in [1.165, 1.54) is 0 Å². The smallest absolute Gasteiger partial charge is 0.154 e. The van der Waals surface area contributed by atoms with Crippen LogP contribution in [0.15, 0.2) is 12.4 Å². The minimum atomic E-state index is -0.571. The zero-order valence-corrected chi connectivity index (χ0v) is 8.61. The fourth-order valence-corrected chi connectivity index (χ4v) is 0.732. The van der Waals surface area contributed by atoms with E-state index >= 15 is 0 Å². The maximum atomic E-state index is 11.1. The van der Waals surface area contributed by atoms with Crippen molar-refractivity contribution in [1.29, 1.82) is 0 Å². The summed E-state index contributed by atoms with van der Waals surface area (Å²) < 4.78 is 0. The second-order valence-corrected chi connectivity index (χ2v) is 3.50. The first-order valence-electron chi connectivity index (χ1n) is 4.32. The van der Waals surface area contributed by atoms with E-state index in [9.17, 15) is 4.79 Å². The van der Waals surface area contributed by atoms with Gasteiger partial charge in [-0.05, 0) is 20.8 Å². The molecule has 0 aliphatic carbocycles. The Morgan fingerprint density at radius 1 is 1.54 bits per heavy atom. The van der Waals surface area contributed by atoms with Crippen molar-refractivity contribution in [3.05, 3.63) is 12.4 Å². The first kappa shape index (κ1) is 12.0. The van der Waals surface area contributed by atoms with E-state index in [-0.39, 0.29) is 5.78 Å². The van der Waals surface area contributed by atoms with Crippen molar-refractivity contribution in [1.82, 2.24) is 10.6 Å². The van der Waals surface area contributed by atoms with Gasteiger partial charge in [0.05, 0.1) is 11.4 Å². The molecule has 0 aliphatic rings. The van der Waals surface area contributed by atoms with Crippen LogP contribution in [0.1, 0.15) is 20.8 Å². The lowest BCUT2D eigenvalue weighted by molar-refractivity contribution is -0.121. The van der Waals surface area contributed by atoms with Gasteiger partial charge in [-0.2, -0.15) is 0 Å². The van der Waals surface area contributed by atoms with E-state index in [4.69, 9.17) is 5.73 Å². The molecule has 4 nitrogen and oxygen atoms in total. The SMILES string of the molecule is C=C(NCCN)NC(C)(C)C(C)=O. The summed E-state index contributed by atoms with van der Waals surface area (Å²) in [5.41, 5.74) is 4.73. The molecule has 0 atom stereocenters. The van der Waals surface area contributed by atoms with Gasteiger partial charge in [0.15, 0.2) is 5.78 Å². The highest BCUT2D eigenvalue weighted by Crippen LogP contribution is 2.04. The summed E-state index contributed by atoms with van der Waals surface area (Å²) >= 11 is 0. The number of hydrogen-bond donors (Lipinski definition) is 3. The molecule has 0 bridgehead atoms. The Morgan fingerprint density at radius 3 is 2.46 bits per heavy atom. The van der Waals surface area contributed by atoms with E-state index in [0.29, 0.717) is 18.9 Å². The van der Waals surface area contributed by atoms with Crippen molar-refractivity contribution in [3.8, 4) is 0 Å². The van der Waals surface area contributed by atoms with Crippen LogP contribution in [0.4, 0.5) is 0 Å². The molecule has 0 saturated heterocycles. The average Bonchev–Trinajstić information content (AvgIpc) is 1.99. The summed E-state index contributed by atoms with van der Waals surface area (Å²) in [7, 11) is 0. The Hall–Kier alpha value is -1.03. The topological polar surface area (TPSA) is 67.2 Å². The van der Waals surface area contributed by atoms with E-state index in [2.05, 4.69) is 17.2 Å². The maximum Gasteiger partial charge on any atom is 0.154 e. The number of carbonyl (C=O) groups excluding carboxylic acids is 1. The predicted molar refractivity (Wildman–Crippen MR) is 54.1 cm³/mol. The molecule has 0 rings (SSSR count). The first-order valence-corrected chi connectivity index (χ1v) is 4.32. The zero-order chi connectivity index (χ0) is 10.5. The molecule has 0 spiro atoms. The molecule has 0 aromatic heterocycles. The summed E-state index contributed by atoms with van der Waals surface area (Å²) in [5, 5.41) is 5.94. The van der Waals surface area contributed by atoms with Crippen molar-refractivity contribution in [2.24, 2.45) is 5.73 Å². The van der Waals surface area contributed by atoms with E-state index in [1.54, 1.807) is 6.92 Å². The number of nitrogens with one attached hydrogen (secondary N) is 2. The standard InChI is InChI=1S/C9H19N3O/c1-7(13)9(3,4)12-8(2)11-6-5-10/h11-12H,2,5-6,10H2,1,3-4H3. The van der Waals surface area contributed by atoms with Gasteiger partial charge in [0.2, 0.25) is 0 Å². The lowest BCUT2D eigenvalue weighted by Crippen LogP contribution is -2.47. The third-order valence-corrected chi connectivity index (χ3v) is 1.83. The maximum absolute atomic E-state index is 11.1. The van der Waals surface area contributed by atoms with Crippen molar-refractivity contribution < 1.29 is 4.79 Å². The van der Waals surface area contributed by atoms with Crippen LogP contribution in [0.5, 0.6) is 0 Å². The fourth-order valence-electron chi connectivity index (χ4n) is 0.732. The van der Waals surface area contributed by atoms with Gasteiger partial charge in [0.1, 0.15) is 0 Å². The van der Waals surface area contributed by atoms with E-state index in [0.717, 1.165) is 0 Å². The van der Waals surface area contributed by atoms with E-state index in [1.807, 2.05) is 13.8 Å². The summed E-state index contributed by atoms with van der Waals surface area (Å²) in [6.45, 7) is 10.1. The second kappa shape index (κ2) is 4.87. The fraction of sp³-hybridized carbons (Fsp3) is 0.667. The Kier molecular flexibility index (Phi) is 4.48. The lowest BCUT2D eigenvalue weighted by Gasteiger charge is -2.26. The first-order chi connectivity index (χ1) is 5.90. The third-order valence-electron chi connectivity index (χ3n) is 1.83. The van der Waals surface area contributed by atoms with Crippen LogP contribution in [0.2, 0.25) is 0 Å². The third kappa shape index (κ3) is 4.52. The highest BCUT2D eigenvalue weighted by molar-refractivity contribution is 5.85. The Labute approximate surface area is 79.6 Å². The number of rotatable bonds is 6. The highest BCUT2D eigenvalue weighted by atomic mass is 16.1. The summed E-state index contributed by atoms with van der Waals surface area (Å²) in [4.78, 5) is 11.1. The van der Waals surface area contributed by atoms with E-state index < -0.39 is 5.54 Å². The molecular weight excluding hydrogens is 166 g/mol. The molecule has 0 unspecified atom stereocenters.